The fourth-order valence-corrected chi connectivity index (χ4v) is 5.83. The Morgan fingerprint density at radius 2 is 1.47 bits per heavy atom. The molecule has 2 aliphatic heterocycles. The van der Waals surface area contributed by atoms with Gasteiger partial charge in [-0.2, -0.15) is 0 Å². The van der Waals surface area contributed by atoms with Crippen LogP contribution in [0, 0.1) is 11.8 Å². The van der Waals surface area contributed by atoms with Gasteiger partial charge >= 0.3 is 0 Å². The van der Waals surface area contributed by atoms with E-state index in [0.29, 0.717) is 18.6 Å². The molecular formula is C28H38N2O6. The van der Waals surface area contributed by atoms with Crippen LogP contribution in [0.4, 0.5) is 0 Å². The van der Waals surface area contributed by atoms with E-state index in [0.717, 1.165) is 37.7 Å². The summed E-state index contributed by atoms with van der Waals surface area (Å²) in [6.07, 6.45) is 4.60. The highest BCUT2D eigenvalue weighted by molar-refractivity contribution is 5.33. The molecule has 3 fully saturated rings. The molecule has 2 aromatic carbocycles. The van der Waals surface area contributed by atoms with Crippen molar-refractivity contribution in [2.75, 3.05) is 26.2 Å². The lowest BCUT2D eigenvalue weighted by Crippen LogP contribution is -2.48. The quantitative estimate of drug-likeness (QED) is 0.520. The Labute approximate surface area is 213 Å². The zero-order valence-electron chi connectivity index (χ0n) is 20.7. The fourth-order valence-electron chi connectivity index (χ4n) is 5.83. The van der Waals surface area contributed by atoms with Crippen molar-refractivity contribution in [3.05, 3.63) is 65.7 Å². The number of nitrogens with zero attached hydrogens (tertiary/aromatic N) is 2. The molecule has 1 aliphatic carbocycles. The van der Waals surface area contributed by atoms with E-state index in [4.69, 9.17) is 24.5 Å². The zero-order valence-corrected chi connectivity index (χ0v) is 20.7. The number of hydrogen-bond acceptors (Lipinski definition) is 6. The molecule has 5 rings (SSSR count). The van der Waals surface area contributed by atoms with Crippen LogP contribution in [0.2, 0.25) is 0 Å². The minimum absolute atomic E-state index is 0.140. The van der Waals surface area contributed by atoms with Crippen molar-refractivity contribution < 1.29 is 29.6 Å². The highest BCUT2D eigenvalue weighted by Crippen LogP contribution is 2.39. The first-order chi connectivity index (χ1) is 17.6. The topological polar surface area (TPSA) is 111 Å². The van der Waals surface area contributed by atoms with E-state index in [-0.39, 0.29) is 19.0 Å². The molecule has 2 heterocycles. The average molecular weight is 499 g/mol. The van der Waals surface area contributed by atoms with Gasteiger partial charge in [-0.15, -0.1) is 0 Å². The molecule has 0 bridgehead atoms. The van der Waals surface area contributed by atoms with Crippen LogP contribution in [0.3, 0.4) is 0 Å². The Hall–Kier alpha value is -2.94. The number of carboxylic acid groups (broad SMARTS) is 2. The van der Waals surface area contributed by atoms with Gasteiger partial charge in [0.2, 0.25) is 0 Å². The predicted octanol–water partition coefficient (Wildman–Crippen LogP) is 3.33. The monoisotopic (exact) mass is 498 g/mol. The maximum absolute atomic E-state index is 10.8. The second-order valence-electron chi connectivity index (χ2n) is 9.70. The summed E-state index contributed by atoms with van der Waals surface area (Å²) in [4.78, 5) is 21.9. The van der Waals surface area contributed by atoms with Crippen LogP contribution in [0.25, 0.3) is 0 Å². The normalized spacial score (nSPS) is 25.5. The average Bonchev–Trinajstić information content (AvgIpc) is 3.54. The van der Waals surface area contributed by atoms with E-state index in [1.165, 1.54) is 43.5 Å². The lowest BCUT2D eigenvalue weighted by atomic mass is 9.77. The van der Waals surface area contributed by atoms with Crippen molar-refractivity contribution in [3.8, 4) is 5.75 Å². The maximum Gasteiger partial charge on any atom is 0.290 e. The Morgan fingerprint density at radius 3 is 2.14 bits per heavy atom. The standard InChI is InChI=1S/C26H34N2O2.2CH2O2/c29-26-15-23-18-27(17-22(23)14-25(26)28-11-4-5-12-28)16-21-9-6-10-24(13-21)30-19-20-7-2-1-3-8-20;2*2-1-3/h1-3,6-10,13,22-23,25-26,29H,4-5,11-12,14-19H2;2*1H,(H,2,3)/t22-,23+,25-,26-;;/m1../s1. The minimum Gasteiger partial charge on any atom is -0.489 e. The van der Waals surface area contributed by atoms with Gasteiger partial charge in [0.25, 0.3) is 12.9 Å². The van der Waals surface area contributed by atoms with Crippen LogP contribution in [0.15, 0.2) is 54.6 Å². The molecule has 8 nitrogen and oxygen atoms in total. The molecule has 0 spiro atoms. The molecule has 196 valence electrons. The summed E-state index contributed by atoms with van der Waals surface area (Å²) < 4.78 is 6.02. The van der Waals surface area contributed by atoms with Crippen LogP contribution in [-0.4, -0.2) is 76.4 Å². The largest absolute Gasteiger partial charge is 0.489 e. The fraction of sp³-hybridized carbons (Fsp3) is 0.500. The number of aliphatic hydroxyl groups excluding tert-OH is 1. The first-order valence-electron chi connectivity index (χ1n) is 12.6. The second-order valence-corrected chi connectivity index (χ2v) is 9.70. The molecule has 2 saturated heterocycles. The summed E-state index contributed by atoms with van der Waals surface area (Å²) in [5.74, 6) is 2.32. The Morgan fingerprint density at radius 1 is 0.861 bits per heavy atom. The number of likely N-dealkylation sites (tertiary alicyclic amines) is 2. The number of aliphatic hydroxyl groups is 1. The molecule has 2 aromatic rings. The third-order valence-corrected chi connectivity index (χ3v) is 7.35. The van der Waals surface area contributed by atoms with Gasteiger partial charge in [-0.3, -0.25) is 19.4 Å². The smallest absolute Gasteiger partial charge is 0.290 e. The molecular weight excluding hydrogens is 460 g/mol. The predicted molar refractivity (Wildman–Crippen MR) is 137 cm³/mol. The van der Waals surface area contributed by atoms with E-state index in [1.807, 2.05) is 24.3 Å². The maximum atomic E-state index is 10.8. The lowest BCUT2D eigenvalue weighted by Gasteiger charge is -2.40. The van der Waals surface area contributed by atoms with Crippen LogP contribution < -0.4 is 4.74 Å². The van der Waals surface area contributed by atoms with Crippen molar-refractivity contribution >= 4 is 12.9 Å². The van der Waals surface area contributed by atoms with Gasteiger partial charge in [-0.1, -0.05) is 42.5 Å². The Kier molecular flexibility index (Phi) is 11.2. The third-order valence-electron chi connectivity index (χ3n) is 7.35. The SMILES string of the molecule is O=CO.O=CO.O[C@@H]1C[C@H]2CN(Cc3cccc(OCc4ccccc4)c3)C[C@H]2C[C@H]1N1CCCC1. The molecule has 4 atom stereocenters. The van der Waals surface area contributed by atoms with Gasteiger partial charge in [0.15, 0.2) is 0 Å². The summed E-state index contributed by atoms with van der Waals surface area (Å²) >= 11 is 0. The first kappa shape index (κ1) is 27.6. The number of rotatable bonds is 6. The number of fused-ring (bicyclic) bond motifs is 1. The van der Waals surface area contributed by atoms with Gasteiger partial charge in [0, 0.05) is 25.7 Å². The van der Waals surface area contributed by atoms with Gasteiger partial charge in [-0.05, 0) is 73.9 Å². The minimum atomic E-state index is -0.250. The highest BCUT2D eigenvalue weighted by Gasteiger charge is 2.43. The molecule has 3 N–H and O–H groups in total. The Balaban J connectivity index is 0.000000550. The molecule has 1 saturated carbocycles. The lowest BCUT2D eigenvalue weighted by molar-refractivity contribution is -0.123. The third kappa shape index (κ3) is 8.05. The summed E-state index contributed by atoms with van der Waals surface area (Å²) in [6.45, 7) is 5.71. The van der Waals surface area contributed by atoms with Crippen LogP contribution in [-0.2, 0) is 22.7 Å². The summed E-state index contributed by atoms with van der Waals surface area (Å²) in [5.41, 5.74) is 2.51. The molecule has 0 radical (unpaired) electrons. The highest BCUT2D eigenvalue weighted by atomic mass is 16.5. The summed E-state index contributed by atoms with van der Waals surface area (Å²) in [6, 6.07) is 19.3. The molecule has 0 unspecified atom stereocenters. The first-order valence-corrected chi connectivity index (χ1v) is 12.6. The van der Waals surface area contributed by atoms with Crippen LogP contribution in [0.1, 0.15) is 36.8 Å². The molecule has 8 heteroatoms. The Bertz CT molecular complexity index is 915. The molecule has 3 aliphatic rings. The second kappa shape index (κ2) is 14.6. The number of carbonyl (C=O) groups is 2. The van der Waals surface area contributed by atoms with E-state index < -0.39 is 0 Å². The van der Waals surface area contributed by atoms with Crippen molar-refractivity contribution in [2.24, 2.45) is 11.8 Å². The molecule has 0 aromatic heterocycles. The molecule has 0 amide bonds. The van der Waals surface area contributed by atoms with Crippen molar-refractivity contribution in [1.82, 2.24) is 9.80 Å². The van der Waals surface area contributed by atoms with Gasteiger partial charge in [-0.25, -0.2) is 0 Å². The van der Waals surface area contributed by atoms with Crippen LogP contribution in [0.5, 0.6) is 5.75 Å². The number of hydrogen-bond donors (Lipinski definition) is 3. The number of ether oxygens (including phenoxy) is 1. The van der Waals surface area contributed by atoms with E-state index >= 15 is 0 Å². The van der Waals surface area contributed by atoms with Crippen molar-refractivity contribution in [3.63, 3.8) is 0 Å². The van der Waals surface area contributed by atoms with E-state index in [9.17, 15) is 5.11 Å². The molecule has 36 heavy (non-hydrogen) atoms. The van der Waals surface area contributed by atoms with Crippen molar-refractivity contribution in [1.29, 1.82) is 0 Å². The van der Waals surface area contributed by atoms with Crippen LogP contribution >= 0.6 is 0 Å². The van der Waals surface area contributed by atoms with Gasteiger partial charge < -0.3 is 20.1 Å². The van der Waals surface area contributed by atoms with Gasteiger partial charge in [0.05, 0.1) is 6.10 Å². The van der Waals surface area contributed by atoms with E-state index in [2.05, 4.69) is 40.1 Å². The zero-order chi connectivity index (χ0) is 25.8. The number of benzene rings is 2. The summed E-state index contributed by atoms with van der Waals surface area (Å²) in [7, 11) is 0. The van der Waals surface area contributed by atoms with E-state index in [1.54, 1.807) is 0 Å². The van der Waals surface area contributed by atoms with Gasteiger partial charge in [0.1, 0.15) is 12.4 Å². The summed E-state index contributed by atoms with van der Waals surface area (Å²) in [5, 5.41) is 24.5. The van der Waals surface area contributed by atoms with Crippen molar-refractivity contribution in [2.45, 2.75) is 51.0 Å².